The van der Waals surface area contributed by atoms with Gasteiger partial charge in [0.25, 0.3) is 0 Å². The average molecular weight is 236 g/mol. The maximum Gasteiger partial charge on any atom is 0.0910 e. The van der Waals surface area contributed by atoms with E-state index in [0.717, 1.165) is 30.8 Å². The van der Waals surface area contributed by atoms with Crippen molar-refractivity contribution < 1.29 is 4.74 Å². The Labute approximate surface area is 102 Å². The lowest BCUT2D eigenvalue weighted by Gasteiger charge is -2.35. The number of likely N-dealkylation sites (N-methyl/N-ethyl adjacent to an activating group) is 1. The van der Waals surface area contributed by atoms with Crippen LogP contribution in [0.3, 0.4) is 0 Å². The lowest BCUT2D eigenvalue weighted by Crippen LogP contribution is -2.48. The summed E-state index contributed by atoms with van der Waals surface area (Å²) in [5.74, 6) is 5.65. The van der Waals surface area contributed by atoms with E-state index >= 15 is 0 Å². The fourth-order valence-corrected chi connectivity index (χ4v) is 2.18. The Bertz CT molecular complexity index is 371. The molecule has 17 heavy (non-hydrogen) atoms. The first kappa shape index (κ1) is 12.4. The third kappa shape index (κ3) is 3.01. The number of ether oxygens (including phenoxy) is 1. The van der Waals surface area contributed by atoms with Gasteiger partial charge in [0.15, 0.2) is 0 Å². The molecule has 0 aromatic carbocycles. The lowest BCUT2D eigenvalue weighted by atomic mass is 10.0. The first-order chi connectivity index (χ1) is 8.20. The third-order valence-electron chi connectivity index (χ3n) is 3.10. The molecule has 2 unspecified atom stereocenters. The van der Waals surface area contributed by atoms with Gasteiger partial charge in [-0.2, -0.15) is 0 Å². The smallest absolute Gasteiger partial charge is 0.0910 e. The molecular formula is C12H20N4O. The standard InChI is InChI=1S/C12H20N4O/c1-9-5-10(7-14-6-9)12(15-13)11-8-16(2)3-4-17-11/h5-7,11-12,15H,3-4,8,13H2,1-2H3. The SMILES string of the molecule is Cc1cncc(C(NN)C2CN(C)CCO2)c1. The highest BCUT2D eigenvalue weighted by Crippen LogP contribution is 2.21. The first-order valence-corrected chi connectivity index (χ1v) is 5.88. The van der Waals surface area contributed by atoms with Gasteiger partial charge < -0.3 is 9.64 Å². The molecule has 5 heteroatoms. The molecular weight excluding hydrogens is 216 g/mol. The Balaban J connectivity index is 2.15. The zero-order chi connectivity index (χ0) is 12.3. The van der Waals surface area contributed by atoms with Gasteiger partial charge in [-0.15, -0.1) is 0 Å². The molecule has 3 N–H and O–H groups in total. The van der Waals surface area contributed by atoms with Crippen molar-refractivity contribution in [3.05, 3.63) is 29.6 Å². The normalized spacial score (nSPS) is 23.6. The molecule has 1 aliphatic heterocycles. The zero-order valence-corrected chi connectivity index (χ0v) is 10.4. The summed E-state index contributed by atoms with van der Waals surface area (Å²) in [6.45, 7) is 4.62. The number of morpholine rings is 1. The minimum absolute atomic E-state index is 0.00912. The van der Waals surface area contributed by atoms with Crippen molar-refractivity contribution in [1.29, 1.82) is 0 Å². The number of rotatable bonds is 3. The molecule has 94 valence electrons. The van der Waals surface area contributed by atoms with Crippen LogP contribution in [-0.4, -0.2) is 42.7 Å². The van der Waals surface area contributed by atoms with Crippen LogP contribution in [-0.2, 0) is 4.74 Å². The second kappa shape index (κ2) is 5.55. The number of nitrogens with zero attached hydrogens (tertiary/aromatic N) is 2. The van der Waals surface area contributed by atoms with Gasteiger partial charge in [-0.1, -0.05) is 6.07 Å². The van der Waals surface area contributed by atoms with Crippen LogP contribution in [0.1, 0.15) is 17.2 Å². The van der Waals surface area contributed by atoms with E-state index in [2.05, 4.69) is 28.4 Å². The number of nitrogens with two attached hydrogens (primary N) is 1. The van der Waals surface area contributed by atoms with Crippen LogP contribution in [0.4, 0.5) is 0 Å². The van der Waals surface area contributed by atoms with E-state index in [1.54, 1.807) is 0 Å². The molecule has 0 bridgehead atoms. The zero-order valence-electron chi connectivity index (χ0n) is 10.4. The van der Waals surface area contributed by atoms with Gasteiger partial charge in [0, 0.05) is 25.5 Å². The highest BCUT2D eigenvalue weighted by atomic mass is 16.5. The molecule has 0 amide bonds. The van der Waals surface area contributed by atoms with Crippen LogP contribution in [0.15, 0.2) is 18.5 Å². The Morgan fingerprint density at radius 2 is 2.41 bits per heavy atom. The van der Waals surface area contributed by atoms with Gasteiger partial charge in [0.05, 0.1) is 18.8 Å². The molecule has 1 aromatic rings. The monoisotopic (exact) mass is 236 g/mol. The molecule has 0 saturated carbocycles. The summed E-state index contributed by atoms with van der Waals surface area (Å²) >= 11 is 0. The molecule has 1 aliphatic rings. The summed E-state index contributed by atoms with van der Waals surface area (Å²) in [6, 6.07) is 2.08. The number of aromatic nitrogens is 1. The number of pyridine rings is 1. The minimum Gasteiger partial charge on any atom is -0.374 e. The summed E-state index contributed by atoms with van der Waals surface area (Å²) in [5.41, 5.74) is 5.05. The molecule has 2 atom stereocenters. The molecule has 1 saturated heterocycles. The van der Waals surface area contributed by atoms with Gasteiger partial charge in [0.1, 0.15) is 0 Å². The summed E-state index contributed by atoms with van der Waals surface area (Å²) in [5, 5.41) is 0. The van der Waals surface area contributed by atoms with E-state index in [-0.39, 0.29) is 12.1 Å². The van der Waals surface area contributed by atoms with Gasteiger partial charge >= 0.3 is 0 Å². The Morgan fingerprint density at radius 1 is 1.59 bits per heavy atom. The Kier molecular flexibility index (Phi) is 4.06. The van der Waals surface area contributed by atoms with Crippen LogP contribution < -0.4 is 11.3 Å². The van der Waals surface area contributed by atoms with Gasteiger partial charge in [-0.25, -0.2) is 0 Å². The second-order valence-electron chi connectivity index (χ2n) is 4.61. The molecule has 0 spiro atoms. The Hall–Kier alpha value is -1.01. The van der Waals surface area contributed by atoms with Crippen molar-refractivity contribution in [2.45, 2.75) is 19.1 Å². The van der Waals surface area contributed by atoms with Gasteiger partial charge in [-0.05, 0) is 25.1 Å². The summed E-state index contributed by atoms with van der Waals surface area (Å²) in [6.07, 6.45) is 3.75. The quantitative estimate of drug-likeness (QED) is 0.581. The maximum absolute atomic E-state index is 5.78. The number of hydrazine groups is 1. The molecule has 0 aliphatic carbocycles. The van der Waals surface area contributed by atoms with Crippen LogP contribution in [0.5, 0.6) is 0 Å². The van der Waals surface area contributed by atoms with E-state index in [0.29, 0.717) is 0 Å². The first-order valence-electron chi connectivity index (χ1n) is 5.88. The predicted molar refractivity (Wildman–Crippen MR) is 66.3 cm³/mol. The highest BCUT2D eigenvalue weighted by Gasteiger charge is 2.27. The van der Waals surface area contributed by atoms with Crippen molar-refractivity contribution in [3.63, 3.8) is 0 Å². The van der Waals surface area contributed by atoms with E-state index < -0.39 is 0 Å². The van der Waals surface area contributed by atoms with Crippen molar-refractivity contribution in [2.75, 3.05) is 26.7 Å². The summed E-state index contributed by atoms with van der Waals surface area (Å²) in [7, 11) is 2.09. The number of hydrogen-bond acceptors (Lipinski definition) is 5. The van der Waals surface area contributed by atoms with Crippen LogP contribution >= 0.6 is 0 Å². The topological polar surface area (TPSA) is 63.4 Å². The Morgan fingerprint density at radius 3 is 3.06 bits per heavy atom. The molecule has 1 fully saturated rings. The van der Waals surface area contributed by atoms with Crippen molar-refractivity contribution in [3.8, 4) is 0 Å². The van der Waals surface area contributed by atoms with Crippen LogP contribution in [0.25, 0.3) is 0 Å². The van der Waals surface area contributed by atoms with Gasteiger partial charge in [-0.3, -0.25) is 16.3 Å². The fourth-order valence-electron chi connectivity index (χ4n) is 2.18. The molecule has 2 heterocycles. The fraction of sp³-hybridized carbons (Fsp3) is 0.583. The van der Waals surface area contributed by atoms with Gasteiger partial charge in [0.2, 0.25) is 0 Å². The average Bonchev–Trinajstić information content (AvgIpc) is 2.30. The maximum atomic E-state index is 5.78. The summed E-state index contributed by atoms with van der Waals surface area (Å²) < 4.78 is 5.78. The van der Waals surface area contributed by atoms with Crippen molar-refractivity contribution >= 4 is 0 Å². The number of aryl methyl sites for hydroxylation is 1. The predicted octanol–water partition coefficient (Wildman–Crippen LogP) is 0.225. The second-order valence-corrected chi connectivity index (χ2v) is 4.61. The number of hydrogen-bond donors (Lipinski definition) is 2. The minimum atomic E-state index is -0.00912. The lowest BCUT2D eigenvalue weighted by molar-refractivity contribution is -0.0393. The third-order valence-corrected chi connectivity index (χ3v) is 3.10. The summed E-state index contributed by atoms with van der Waals surface area (Å²) in [4.78, 5) is 6.45. The van der Waals surface area contributed by atoms with E-state index in [4.69, 9.17) is 10.6 Å². The van der Waals surface area contributed by atoms with E-state index in [1.807, 2.05) is 19.3 Å². The van der Waals surface area contributed by atoms with E-state index in [9.17, 15) is 0 Å². The highest BCUT2D eigenvalue weighted by molar-refractivity contribution is 5.21. The number of nitrogens with one attached hydrogen (secondary N) is 1. The molecule has 5 nitrogen and oxygen atoms in total. The van der Waals surface area contributed by atoms with Crippen LogP contribution in [0, 0.1) is 6.92 Å². The van der Waals surface area contributed by atoms with Crippen molar-refractivity contribution in [2.24, 2.45) is 5.84 Å². The van der Waals surface area contributed by atoms with Crippen LogP contribution in [0.2, 0.25) is 0 Å². The molecule has 2 rings (SSSR count). The molecule has 0 radical (unpaired) electrons. The molecule has 1 aromatic heterocycles. The largest absolute Gasteiger partial charge is 0.374 e. The van der Waals surface area contributed by atoms with E-state index in [1.165, 1.54) is 0 Å². The van der Waals surface area contributed by atoms with Crippen molar-refractivity contribution in [1.82, 2.24) is 15.3 Å².